The molecule has 0 aromatic carbocycles. The van der Waals surface area contributed by atoms with Crippen molar-refractivity contribution in [1.82, 2.24) is 0 Å². The fourth-order valence-corrected chi connectivity index (χ4v) is 1.46. The van der Waals surface area contributed by atoms with Gasteiger partial charge in [0.2, 0.25) is 0 Å². The Morgan fingerprint density at radius 3 is 1.61 bits per heavy atom. The van der Waals surface area contributed by atoms with Gasteiger partial charge in [-0.1, -0.05) is 45.4 Å². The average molecular weight is 262 g/mol. The van der Waals surface area contributed by atoms with Crippen LogP contribution in [0.2, 0.25) is 0 Å². The number of unbranched alkanes of at least 4 members (excludes halogenated alkanes) is 7. The summed E-state index contributed by atoms with van der Waals surface area (Å²) in [6.45, 7) is 2.72. The Labute approximate surface area is 111 Å². The van der Waals surface area contributed by atoms with Gasteiger partial charge in [0.05, 0.1) is 0 Å². The lowest BCUT2D eigenvalue weighted by Gasteiger charge is -1.95. The van der Waals surface area contributed by atoms with Crippen LogP contribution in [0.3, 0.4) is 0 Å². The van der Waals surface area contributed by atoms with Crippen molar-refractivity contribution in [2.75, 3.05) is 13.2 Å². The van der Waals surface area contributed by atoms with Crippen molar-refractivity contribution in [2.24, 2.45) is 0 Å². The molecule has 0 saturated carbocycles. The first-order valence-corrected chi connectivity index (χ1v) is 7.12. The number of hydrogen-bond donors (Lipinski definition) is 3. The third-order valence-electron chi connectivity index (χ3n) is 2.56. The lowest BCUT2D eigenvalue weighted by molar-refractivity contribution is -0.137. The van der Waals surface area contributed by atoms with Gasteiger partial charge in [-0.05, 0) is 19.3 Å². The number of hydrogen-bond acceptors (Lipinski definition) is 3. The molecule has 0 aromatic heterocycles. The first-order chi connectivity index (χ1) is 8.68. The Morgan fingerprint density at radius 1 is 0.778 bits per heavy atom. The van der Waals surface area contributed by atoms with E-state index < -0.39 is 5.97 Å². The molecule has 0 aliphatic rings. The molecular formula is C14H30O4. The molecule has 0 rings (SSSR count). The van der Waals surface area contributed by atoms with Gasteiger partial charge in [-0.3, -0.25) is 4.79 Å². The molecule has 4 nitrogen and oxygen atoms in total. The van der Waals surface area contributed by atoms with Crippen LogP contribution in [0.1, 0.15) is 71.1 Å². The highest BCUT2D eigenvalue weighted by Crippen LogP contribution is 2.04. The van der Waals surface area contributed by atoms with Gasteiger partial charge in [0, 0.05) is 19.6 Å². The summed E-state index contributed by atoms with van der Waals surface area (Å²) in [6.07, 6.45) is 9.71. The summed E-state index contributed by atoms with van der Waals surface area (Å²) in [4.78, 5) is 10.0. The molecule has 0 amide bonds. The fourth-order valence-electron chi connectivity index (χ4n) is 1.46. The summed E-state index contributed by atoms with van der Waals surface area (Å²) in [6, 6.07) is 0. The molecule has 18 heavy (non-hydrogen) atoms. The number of aliphatic hydroxyl groups is 2. The van der Waals surface area contributed by atoms with Crippen LogP contribution in [0.5, 0.6) is 0 Å². The summed E-state index contributed by atoms with van der Waals surface area (Å²) in [5.74, 6) is -0.670. The topological polar surface area (TPSA) is 77.8 Å². The molecule has 0 saturated heterocycles. The van der Waals surface area contributed by atoms with Gasteiger partial charge in [-0.2, -0.15) is 0 Å². The highest BCUT2D eigenvalue weighted by atomic mass is 16.4. The SMILES string of the molecule is CCCCCCCC(=O)O.OCCCCCCO. The zero-order valence-electron chi connectivity index (χ0n) is 11.7. The average Bonchev–Trinajstić information content (AvgIpc) is 2.35. The van der Waals surface area contributed by atoms with E-state index in [-0.39, 0.29) is 13.2 Å². The Morgan fingerprint density at radius 2 is 1.22 bits per heavy atom. The van der Waals surface area contributed by atoms with E-state index in [1.807, 2.05) is 0 Å². The van der Waals surface area contributed by atoms with Gasteiger partial charge in [0.1, 0.15) is 0 Å². The molecule has 0 atom stereocenters. The molecule has 3 N–H and O–H groups in total. The van der Waals surface area contributed by atoms with Crippen LogP contribution >= 0.6 is 0 Å². The maximum Gasteiger partial charge on any atom is 0.303 e. The van der Waals surface area contributed by atoms with Gasteiger partial charge >= 0.3 is 5.97 Å². The summed E-state index contributed by atoms with van der Waals surface area (Å²) in [7, 11) is 0. The van der Waals surface area contributed by atoms with Crippen LogP contribution in [0.15, 0.2) is 0 Å². The van der Waals surface area contributed by atoms with E-state index in [0.717, 1.165) is 38.5 Å². The Balaban J connectivity index is 0. The molecule has 0 fully saturated rings. The van der Waals surface area contributed by atoms with Crippen LogP contribution < -0.4 is 0 Å². The third-order valence-corrected chi connectivity index (χ3v) is 2.56. The predicted molar refractivity (Wildman–Crippen MR) is 73.7 cm³/mol. The second-order valence-electron chi connectivity index (χ2n) is 4.42. The molecule has 0 unspecified atom stereocenters. The lowest BCUT2D eigenvalue weighted by Crippen LogP contribution is -1.93. The van der Waals surface area contributed by atoms with Crippen molar-refractivity contribution < 1.29 is 20.1 Å². The molecule has 4 heteroatoms. The summed E-state index contributed by atoms with van der Waals surface area (Å²) in [5.41, 5.74) is 0. The molecule has 0 bridgehead atoms. The smallest absolute Gasteiger partial charge is 0.303 e. The number of carbonyl (C=O) groups is 1. The number of carboxylic acid groups (broad SMARTS) is 1. The minimum absolute atomic E-state index is 0.283. The Kier molecular flexibility index (Phi) is 20.5. The number of aliphatic hydroxyl groups excluding tert-OH is 2. The third kappa shape index (κ3) is 24.6. The fraction of sp³-hybridized carbons (Fsp3) is 0.929. The quantitative estimate of drug-likeness (QED) is 0.500. The normalized spacial score (nSPS) is 9.72. The molecule has 110 valence electrons. The largest absolute Gasteiger partial charge is 0.481 e. The maximum absolute atomic E-state index is 10.0. The van der Waals surface area contributed by atoms with Gasteiger partial charge in [0.15, 0.2) is 0 Å². The molecule has 0 aliphatic heterocycles. The van der Waals surface area contributed by atoms with E-state index in [1.54, 1.807) is 0 Å². The van der Waals surface area contributed by atoms with Crippen molar-refractivity contribution >= 4 is 5.97 Å². The Bertz CT molecular complexity index is 154. The van der Waals surface area contributed by atoms with Crippen LogP contribution in [0.4, 0.5) is 0 Å². The zero-order valence-corrected chi connectivity index (χ0v) is 11.7. The second-order valence-corrected chi connectivity index (χ2v) is 4.42. The standard InChI is InChI=1S/C8H16O2.C6H14O2/c1-2-3-4-5-6-7-8(9)10;7-5-3-1-2-4-6-8/h2-7H2,1H3,(H,9,10);7-8H,1-6H2. The minimum Gasteiger partial charge on any atom is -0.481 e. The van der Waals surface area contributed by atoms with E-state index >= 15 is 0 Å². The van der Waals surface area contributed by atoms with Crippen LogP contribution in [0.25, 0.3) is 0 Å². The molecule has 0 heterocycles. The van der Waals surface area contributed by atoms with E-state index in [0.29, 0.717) is 6.42 Å². The van der Waals surface area contributed by atoms with Crippen LogP contribution in [-0.4, -0.2) is 34.5 Å². The first kappa shape index (κ1) is 19.7. The van der Waals surface area contributed by atoms with E-state index in [4.69, 9.17) is 15.3 Å². The first-order valence-electron chi connectivity index (χ1n) is 7.12. The van der Waals surface area contributed by atoms with Crippen LogP contribution in [0, 0.1) is 0 Å². The second kappa shape index (κ2) is 18.7. The molecule has 0 spiro atoms. The predicted octanol–water partition coefficient (Wildman–Crippen LogP) is 2.96. The monoisotopic (exact) mass is 262 g/mol. The molecule has 0 radical (unpaired) electrons. The van der Waals surface area contributed by atoms with E-state index in [2.05, 4.69) is 6.92 Å². The minimum atomic E-state index is -0.670. The number of rotatable bonds is 11. The summed E-state index contributed by atoms with van der Waals surface area (Å²) >= 11 is 0. The lowest BCUT2D eigenvalue weighted by atomic mass is 10.1. The molecule has 0 aromatic rings. The zero-order chi connectivity index (χ0) is 14.1. The number of aliphatic carboxylic acids is 1. The molecule has 0 aliphatic carbocycles. The summed E-state index contributed by atoms with van der Waals surface area (Å²) < 4.78 is 0. The van der Waals surface area contributed by atoms with Gasteiger partial charge < -0.3 is 15.3 Å². The van der Waals surface area contributed by atoms with Crippen LogP contribution in [-0.2, 0) is 4.79 Å². The van der Waals surface area contributed by atoms with Gasteiger partial charge in [0.25, 0.3) is 0 Å². The van der Waals surface area contributed by atoms with Crippen molar-refractivity contribution in [3.05, 3.63) is 0 Å². The highest BCUT2D eigenvalue weighted by molar-refractivity contribution is 5.66. The molecular weight excluding hydrogens is 232 g/mol. The number of carboxylic acids is 1. The van der Waals surface area contributed by atoms with E-state index in [1.165, 1.54) is 19.3 Å². The highest BCUT2D eigenvalue weighted by Gasteiger charge is 1.94. The van der Waals surface area contributed by atoms with Gasteiger partial charge in [-0.25, -0.2) is 0 Å². The van der Waals surface area contributed by atoms with Crippen molar-refractivity contribution in [3.63, 3.8) is 0 Å². The van der Waals surface area contributed by atoms with Crippen molar-refractivity contribution in [2.45, 2.75) is 71.1 Å². The Hall–Kier alpha value is -0.610. The maximum atomic E-state index is 10.0. The van der Waals surface area contributed by atoms with Gasteiger partial charge in [-0.15, -0.1) is 0 Å². The van der Waals surface area contributed by atoms with Crippen molar-refractivity contribution in [3.8, 4) is 0 Å². The van der Waals surface area contributed by atoms with E-state index in [9.17, 15) is 4.79 Å². The summed E-state index contributed by atoms with van der Waals surface area (Å²) in [5, 5.41) is 24.9. The van der Waals surface area contributed by atoms with Crippen molar-refractivity contribution in [1.29, 1.82) is 0 Å².